The maximum atomic E-state index is 12.9. The number of rotatable bonds is 3. The Labute approximate surface area is 111 Å². The zero-order valence-corrected chi connectivity index (χ0v) is 11.0. The third-order valence-electron chi connectivity index (χ3n) is 3.87. The molecule has 5 heteroatoms. The van der Waals surface area contributed by atoms with Gasteiger partial charge in [-0.25, -0.2) is 0 Å². The highest BCUT2D eigenvalue weighted by Crippen LogP contribution is 2.40. The molecule has 0 atom stereocenters. The van der Waals surface area contributed by atoms with Gasteiger partial charge in [-0.2, -0.15) is 13.2 Å². The molecular weight excluding hydrogens is 253 g/mol. The highest BCUT2D eigenvalue weighted by Gasteiger charge is 2.35. The van der Waals surface area contributed by atoms with E-state index in [1.165, 1.54) is 12.1 Å². The highest BCUT2D eigenvalue weighted by molar-refractivity contribution is 5.59. The lowest BCUT2D eigenvalue weighted by Gasteiger charge is -2.25. The molecule has 2 nitrogen and oxygen atoms in total. The first-order chi connectivity index (χ1) is 8.80. The molecule has 3 N–H and O–H groups in total. The molecule has 0 radical (unpaired) electrons. The lowest BCUT2D eigenvalue weighted by Crippen LogP contribution is -2.24. The molecular formula is C14H19F3N2. The Balaban J connectivity index is 2.16. The molecule has 0 amide bonds. The number of nitrogens with two attached hydrogens (primary N) is 1. The highest BCUT2D eigenvalue weighted by atomic mass is 19.4. The van der Waals surface area contributed by atoms with E-state index in [0.717, 1.165) is 31.7 Å². The van der Waals surface area contributed by atoms with E-state index in [9.17, 15) is 13.2 Å². The molecule has 106 valence electrons. The predicted molar refractivity (Wildman–Crippen MR) is 70.9 cm³/mol. The van der Waals surface area contributed by atoms with Crippen LogP contribution in [0.3, 0.4) is 0 Å². The van der Waals surface area contributed by atoms with Crippen LogP contribution in [0.15, 0.2) is 18.2 Å². The van der Waals surface area contributed by atoms with E-state index in [2.05, 4.69) is 12.2 Å². The Kier molecular flexibility index (Phi) is 3.65. The zero-order chi connectivity index (χ0) is 14.1. The fourth-order valence-corrected chi connectivity index (χ4v) is 2.66. The van der Waals surface area contributed by atoms with E-state index in [0.29, 0.717) is 6.54 Å². The Morgan fingerprint density at radius 3 is 2.47 bits per heavy atom. The SMILES string of the molecule is CC1(CNc2ccc(N)cc2C(F)(F)F)CCCC1. The van der Waals surface area contributed by atoms with Gasteiger partial charge < -0.3 is 11.1 Å². The van der Waals surface area contributed by atoms with Gasteiger partial charge in [-0.15, -0.1) is 0 Å². The van der Waals surface area contributed by atoms with Crippen molar-refractivity contribution in [1.82, 2.24) is 0 Å². The number of anilines is 2. The Morgan fingerprint density at radius 2 is 1.89 bits per heavy atom. The van der Waals surface area contributed by atoms with Gasteiger partial charge >= 0.3 is 6.18 Å². The lowest BCUT2D eigenvalue weighted by atomic mass is 9.89. The van der Waals surface area contributed by atoms with Gasteiger partial charge in [-0.3, -0.25) is 0 Å². The van der Waals surface area contributed by atoms with Crippen LogP contribution in [-0.2, 0) is 6.18 Å². The van der Waals surface area contributed by atoms with E-state index in [4.69, 9.17) is 5.73 Å². The second kappa shape index (κ2) is 4.94. The molecule has 1 aromatic rings. The van der Waals surface area contributed by atoms with Gasteiger partial charge in [0, 0.05) is 17.9 Å². The fraction of sp³-hybridized carbons (Fsp3) is 0.571. The van der Waals surface area contributed by atoms with Gasteiger partial charge in [0.2, 0.25) is 0 Å². The molecule has 0 bridgehead atoms. The minimum atomic E-state index is -4.38. The third kappa shape index (κ3) is 3.33. The average Bonchev–Trinajstić information content (AvgIpc) is 2.74. The summed E-state index contributed by atoms with van der Waals surface area (Å²) in [5.74, 6) is 0. The van der Waals surface area contributed by atoms with E-state index in [-0.39, 0.29) is 16.8 Å². The summed E-state index contributed by atoms with van der Waals surface area (Å²) >= 11 is 0. The van der Waals surface area contributed by atoms with Crippen molar-refractivity contribution in [3.63, 3.8) is 0 Å². The molecule has 1 saturated carbocycles. The first-order valence-corrected chi connectivity index (χ1v) is 6.51. The van der Waals surface area contributed by atoms with Crippen molar-refractivity contribution in [1.29, 1.82) is 0 Å². The van der Waals surface area contributed by atoms with Crippen LogP contribution in [0.5, 0.6) is 0 Å². The van der Waals surface area contributed by atoms with Crippen LogP contribution >= 0.6 is 0 Å². The smallest absolute Gasteiger partial charge is 0.399 e. The molecule has 1 aliphatic carbocycles. The number of hydrogen-bond donors (Lipinski definition) is 2. The summed E-state index contributed by atoms with van der Waals surface area (Å²) in [7, 11) is 0. The van der Waals surface area contributed by atoms with Crippen molar-refractivity contribution in [2.24, 2.45) is 5.41 Å². The number of benzene rings is 1. The summed E-state index contributed by atoms with van der Waals surface area (Å²) in [5.41, 5.74) is 5.11. The van der Waals surface area contributed by atoms with E-state index in [1.54, 1.807) is 0 Å². The number of halogens is 3. The Morgan fingerprint density at radius 1 is 1.26 bits per heavy atom. The molecule has 1 aromatic carbocycles. The van der Waals surface area contributed by atoms with Gasteiger partial charge in [0.1, 0.15) is 0 Å². The largest absolute Gasteiger partial charge is 0.418 e. The van der Waals surface area contributed by atoms with Gasteiger partial charge in [0.15, 0.2) is 0 Å². The maximum absolute atomic E-state index is 12.9. The third-order valence-corrected chi connectivity index (χ3v) is 3.87. The molecule has 0 heterocycles. The second-order valence-corrected chi connectivity index (χ2v) is 5.67. The topological polar surface area (TPSA) is 38.0 Å². The summed E-state index contributed by atoms with van der Waals surface area (Å²) in [5, 5.41) is 2.95. The van der Waals surface area contributed by atoms with Crippen LogP contribution in [0.2, 0.25) is 0 Å². The molecule has 0 spiro atoms. The van der Waals surface area contributed by atoms with Gasteiger partial charge in [-0.05, 0) is 36.5 Å². The number of nitrogen functional groups attached to an aromatic ring is 1. The van der Waals surface area contributed by atoms with E-state index in [1.807, 2.05) is 0 Å². The summed E-state index contributed by atoms with van der Waals surface area (Å²) in [4.78, 5) is 0. The molecule has 0 saturated heterocycles. The van der Waals surface area contributed by atoms with Gasteiger partial charge in [0.25, 0.3) is 0 Å². The maximum Gasteiger partial charge on any atom is 0.418 e. The minimum Gasteiger partial charge on any atom is -0.399 e. The van der Waals surface area contributed by atoms with Crippen molar-refractivity contribution in [2.75, 3.05) is 17.6 Å². The average molecular weight is 272 g/mol. The number of nitrogens with one attached hydrogen (secondary N) is 1. The van der Waals surface area contributed by atoms with Crippen LogP contribution in [0, 0.1) is 5.41 Å². The Hall–Kier alpha value is -1.39. The van der Waals surface area contributed by atoms with Crippen molar-refractivity contribution in [2.45, 2.75) is 38.8 Å². The molecule has 0 aliphatic heterocycles. The molecule has 0 unspecified atom stereocenters. The van der Waals surface area contributed by atoms with Crippen LogP contribution < -0.4 is 11.1 Å². The summed E-state index contributed by atoms with van der Waals surface area (Å²) in [6.07, 6.45) is 0.0685. The molecule has 1 aliphatic rings. The predicted octanol–water partition coefficient (Wildman–Crippen LogP) is 4.28. The molecule has 0 aromatic heterocycles. The van der Waals surface area contributed by atoms with Crippen molar-refractivity contribution < 1.29 is 13.2 Å². The number of alkyl halides is 3. The monoisotopic (exact) mass is 272 g/mol. The van der Waals surface area contributed by atoms with E-state index < -0.39 is 11.7 Å². The Bertz CT molecular complexity index is 448. The van der Waals surface area contributed by atoms with Crippen LogP contribution in [0.4, 0.5) is 24.5 Å². The molecule has 1 fully saturated rings. The van der Waals surface area contributed by atoms with Gasteiger partial charge in [0.05, 0.1) is 5.56 Å². The summed E-state index contributed by atoms with van der Waals surface area (Å²) < 4.78 is 38.8. The van der Waals surface area contributed by atoms with Crippen molar-refractivity contribution >= 4 is 11.4 Å². The first-order valence-electron chi connectivity index (χ1n) is 6.51. The quantitative estimate of drug-likeness (QED) is 0.806. The van der Waals surface area contributed by atoms with Crippen molar-refractivity contribution in [3.05, 3.63) is 23.8 Å². The van der Waals surface area contributed by atoms with Crippen LogP contribution in [0.1, 0.15) is 38.2 Å². The fourth-order valence-electron chi connectivity index (χ4n) is 2.66. The minimum absolute atomic E-state index is 0.101. The summed E-state index contributed by atoms with van der Waals surface area (Å²) in [6, 6.07) is 3.89. The first kappa shape index (κ1) is 14.0. The van der Waals surface area contributed by atoms with Gasteiger partial charge in [-0.1, -0.05) is 19.8 Å². The van der Waals surface area contributed by atoms with E-state index >= 15 is 0 Å². The molecule has 19 heavy (non-hydrogen) atoms. The van der Waals surface area contributed by atoms with Crippen LogP contribution in [-0.4, -0.2) is 6.54 Å². The van der Waals surface area contributed by atoms with Crippen LogP contribution in [0.25, 0.3) is 0 Å². The number of hydrogen-bond acceptors (Lipinski definition) is 2. The van der Waals surface area contributed by atoms with Crippen molar-refractivity contribution in [3.8, 4) is 0 Å². The lowest BCUT2D eigenvalue weighted by molar-refractivity contribution is -0.136. The second-order valence-electron chi connectivity index (χ2n) is 5.67. The molecule has 2 rings (SSSR count). The normalized spacial score (nSPS) is 18.5. The standard InChI is InChI=1S/C14H19F3N2/c1-13(6-2-3-7-13)9-19-12-5-4-10(18)8-11(12)14(15,16)17/h4-5,8,19H,2-3,6-7,9,18H2,1H3. The zero-order valence-electron chi connectivity index (χ0n) is 11.0. The summed E-state index contributed by atoms with van der Waals surface area (Å²) in [6.45, 7) is 2.69.